The average molecular weight is 318 g/mol. The molecule has 1 aromatic carbocycles. The molecule has 0 aliphatic carbocycles. The van der Waals surface area contributed by atoms with Crippen LogP contribution in [0.25, 0.3) is 0 Å². The average Bonchev–Trinajstić information content (AvgIpc) is 2.49. The second-order valence-corrected chi connectivity index (χ2v) is 5.46. The maximum Gasteiger partial charge on any atom is 0.159 e. The van der Waals surface area contributed by atoms with Gasteiger partial charge in [0.2, 0.25) is 0 Å². The van der Waals surface area contributed by atoms with Crippen molar-refractivity contribution in [3.63, 3.8) is 0 Å². The number of aryl methyl sites for hydroxylation is 1. The Labute approximate surface area is 136 Å². The van der Waals surface area contributed by atoms with E-state index in [9.17, 15) is 0 Å². The molecule has 0 saturated carbocycles. The fraction of sp³-hybridized carbons (Fsp3) is 0.294. The van der Waals surface area contributed by atoms with E-state index in [1.165, 1.54) is 0 Å². The molecule has 5 heteroatoms. The van der Waals surface area contributed by atoms with Crippen molar-refractivity contribution < 1.29 is 4.84 Å². The second kappa shape index (κ2) is 7.92. The van der Waals surface area contributed by atoms with Gasteiger partial charge in [0.05, 0.1) is 11.4 Å². The topological polar surface area (TPSA) is 46.5 Å². The van der Waals surface area contributed by atoms with Gasteiger partial charge in [0, 0.05) is 17.3 Å². The third kappa shape index (κ3) is 4.55. The molecule has 0 amide bonds. The highest BCUT2D eigenvalue weighted by molar-refractivity contribution is 6.31. The van der Waals surface area contributed by atoms with Gasteiger partial charge < -0.3 is 10.2 Å². The molecule has 0 unspecified atom stereocenters. The first-order chi connectivity index (χ1) is 10.6. The second-order valence-electron chi connectivity index (χ2n) is 5.06. The molecule has 4 nitrogen and oxygen atoms in total. The van der Waals surface area contributed by atoms with Crippen LogP contribution in [0.4, 0.5) is 0 Å². The Morgan fingerprint density at radius 2 is 2.14 bits per heavy atom. The highest BCUT2D eigenvalue weighted by atomic mass is 35.5. The summed E-state index contributed by atoms with van der Waals surface area (Å²) < 4.78 is 0. The molecule has 0 aliphatic rings. The van der Waals surface area contributed by atoms with Crippen LogP contribution in [0.5, 0.6) is 0 Å². The van der Waals surface area contributed by atoms with Gasteiger partial charge in [-0.15, -0.1) is 0 Å². The zero-order chi connectivity index (χ0) is 15.9. The Morgan fingerprint density at radius 3 is 2.86 bits per heavy atom. The Balaban J connectivity index is 2.04. The largest absolute Gasteiger partial charge is 0.389 e. The molecule has 0 bridgehead atoms. The Morgan fingerprint density at radius 1 is 1.32 bits per heavy atom. The summed E-state index contributed by atoms with van der Waals surface area (Å²) in [5.74, 6) is 0. The van der Waals surface area contributed by atoms with Crippen molar-refractivity contribution in [2.45, 2.75) is 27.0 Å². The van der Waals surface area contributed by atoms with Crippen LogP contribution in [-0.2, 0) is 18.0 Å². The van der Waals surface area contributed by atoms with Gasteiger partial charge in [0.25, 0.3) is 0 Å². The number of pyridine rings is 1. The SMILES string of the molecule is CNCc1cc(/C(C)=N/OCc2cccc(C)n2)ccc1Cl. The van der Waals surface area contributed by atoms with Gasteiger partial charge in [0.15, 0.2) is 6.61 Å². The van der Waals surface area contributed by atoms with Gasteiger partial charge in [-0.3, -0.25) is 4.98 Å². The lowest BCUT2D eigenvalue weighted by atomic mass is 10.1. The molecule has 1 aromatic heterocycles. The molecule has 0 spiro atoms. The molecule has 0 atom stereocenters. The van der Waals surface area contributed by atoms with Gasteiger partial charge >= 0.3 is 0 Å². The first-order valence-electron chi connectivity index (χ1n) is 7.12. The zero-order valence-electron chi connectivity index (χ0n) is 13.1. The summed E-state index contributed by atoms with van der Waals surface area (Å²) in [4.78, 5) is 9.77. The molecule has 2 rings (SSSR count). The minimum atomic E-state index is 0.357. The number of nitrogens with one attached hydrogen (secondary N) is 1. The Kier molecular flexibility index (Phi) is 5.92. The molecular weight excluding hydrogens is 298 g/mol. The predicted molar refractivity (Wildman–Crippen MR) is 90.2 cm³/mol. The van der Waals surface area contributed by atoms with Crippen LogP contribution in [0, 0.1) is 6.92 Å². The van der Waals surface area contributed by atoms with E-state index < -0.39 is 0 Å². The quantitative estimate of drug-likeness (QED) is 0.652. The lowest BCUT2D eigenvalue weighted by Gasteiger charge is -2.07. The first kappa shape index (κ1) is 16.5. The normalized spacial score (nSPS) is 11.5. The van der Waals surface area contributed by atoms with E-state index in [0.29, 0.717) is 13.2 Å². The third-order valence-corrected chi connectivity index (χ3v) is 3.56. The maximum atomic E-state index is 6.16. The van der Waals surface area contributed by atoms with E-state index in [4.69, 9.17) is 16.4 Å². The van der Waals surface area contributed by atoms with Crippen LogP contribution in [0.3, 0.4) is 0 Å². The molecule has 0 saturated heterocycles. The van der Waals surface area contributed by atoms with Gasteiger partial charge in [0.1, 0.15) is 0 Å². The van der Waals surface area contributed by atoms with Crippen LogP contribution in [0.1, 0.15) is 29.4 Å². The van der Waals surface area contributed by atoms with Crippen molar-refractivity contribution in [3.05, 3.63) is 63.9 Å². The standard InChI is InChI=1S/C17H20ClN3O/c1-12-5-4-6-16(20-12)11-22-21-13(2)14-7-8-17(18)15(9-14)10-19-3/h4-9,19H,10-11H2,1-3H3/b21-13+. The molecule has 1 N–H and O–H groups in total. The van der Waals surface area contributed by atoms with Crippen molar-refractivity contribution in [3.8, 4) is 0 Å². The van der Waals surface area contributed by atoms with Gasteiger partial charge in [-0.05, 0) is 56.3 Å². The number of benzene rings is 1. The van der Waals surface area contributed by atoms with E-state index in [-0.39, 0.29) is 0 Å². The van der Waals surface area contributed by atoms with E-state index in [0.717, 1.165) is 33.2 Å². The molecule has 116 valence electrons. The monoisotopic (exact) mass is 317 g/mol. The van der Waals surface area contributed by atoms with Crippen LogP contribution < -0.4 is 5.32 Å². The number of aromatic nitrogens is 1. The summed E-state index contributed by atoms with van der Waals surface area (Å²) >= 11 is 6.16. The molecule has 22 heavy (non-hydrogen) atoms. The minimum absolute atomic E-state index is 0.357. The number of rotatable bonds is 6. The Hall–Kier alpha value is -1.91. The van der Waals surface area contributed by atoms with Crippen molar-refractivity contribution in [2.24, 2.45) is 5.16 Å². The van der Waals surface area contributed by atoms with Crippen LogP contribution in [-0.4, -0.2) is 17.7 Å². The molecule has 0 radical (unpaired) electrons. The first-order valence-corrected chi connectivity index (χ1v) is 7.50. The fourth-order valence-corrected chi connectivity index (χ4v) is 2.24. The maximum absolute atomic E-state index is 6.16. The fourth-order valence-electron chi connectivity index (χ4n) is 2.05. The third-order valence-electron chi connectivity index (χ3n) is 3.19. The highest BCUT2D eigenvalue weighted by Crippen LogP contribution is 2.18. The van der Waals surface area contributed by atoms with Crippen LogP contribution >= 0.6 is 11.6 Å². The van der Waals surface area contributed by atoms with Gasteiger partial charge in [-0.1, -0.05) is 28.9 Å². The van der Waals surface area contributed by atoms with Crippen molar-refractivity contribution in [1.29, 1.82) is 0 Å². The van der Waals surface area contributed by atoms with Crippen molar-refractivity contribution in [2.75, 3.05) is 7.05 Å². The lowest BCUT2D eigenvalue weighted by Crippen LogP contribution is -2.07. The van der Waals surface area contributed by atoms with Crippen LogP contribution in [0.15, 0.2) is 41.6 Å². The van der Waals surface area contributed by atoms with Gasteiger partial charge in [-0.2, -0.15) is 0 Å². The van der Waals surface area contributed by atoms with E-state index in [1.54, 1.807) is 0 Å². The smallest absolute Gasteiger partial charge is 0.159 e. The summed E-state index contributed by atoms with van der Waals surface area (Å²) in [7, 11) is 1.89. The number of nitrogens with zero attached hydrogens (tertiary/aromatic N) is 2. The molecule has 2 aromatic rings. The molecule has 0 aliphatic heterocycles. The van der Waals surface area contributed by atoms with E-state index in [1.807, 2.05) is 57.3 Å². The summed E-state index contributed by atoms with van der Waals surface area (Å²) in [5, 5.41) is 8.01. The highest BCUT2D eigenvalue weighted by Gasteiger charge is 2.04. The zero-order valence-corrected chi connectivity index (χ0v) is 13.8. The summed E-state index contributed by atoms with van der Waals surface area (Å²) in [6.07, 6.45) is 0. The summed E-state index contributed by atoms with van der Waals surface area (Å²) in [5.41, 5.74) is 4.67. The van der Waals surface area contributed by atoms with Gasteiger partial charge in [-0.25, -0.2) is 0 Å². The molecule has 1 heterocycles. The number of oxime groups is 1. The van der Waals surface area contributed by atoms with E-state index >= 15 is 0 Å². The van der Waals surface area contributed by atoms with Crippen molar-refractivity contribution >= 4 is 17.3 Å². The number of hydrogen-bond acceptors (Lipinski definition) is 4. The summed E-state index contributed by atoms with van der Waals surface area (Å²) in [6, 6.07) is 11.7. The van der Waals surface area contributed by atoms with Crippen molar-refractivity contribution in [1.82, 2.24) is 10.3 Å². The number of hydrogen-bond donors (Lipinski definition) is 1. The molecular formula is C17H20ClN3O. The lowest BCUT2D eigenvalue weighted by molar-refractivity contribution is 0.127. The predicted octanol–water partition coefficient (Wildman–Crippen LogP) is 3.70. The van der Waals surface area contributed by atoms with Crippen LogP contribution in [0.2, 0.25) is 5.02 Å². The summed E-state index contributed by atoms with van der Waals surface area (Å²) in [6.45, 7) is 4.94. The van der Waals surface area contributed by atoms with E-state index in [2.05, 4.69) is 15.5 Å². The minimum Gasteiger partial charge on any atom is -0.389 e. The number of halogens is 1. The Bertz CT molecular complexity index is 671. The molecule has 0 fully saturated rings.